The number of hydrogen-bond donors (Lipinski definition) is 1. The standard InChI is InChI=1S/C15H10F2N4O/c16-12-3-1-2-9(15(12)17)4-5-10-7-14(22)21-13(19-10)6-11(8-18)20-21/h1-3,6-7,20H,4-5H2. The van der Waals surface area contributed by atoms with Crippen molar-refractivity contribution in [2.45, 2.75) is 12.8 Å². The van der Waals surface area contributed by atoms with Crippen molar-refractivity contribution in [3.63, 3.8) is 0 Å². The summed E-state index contributed by atoms with van der Waals surface area (Å²) in [6, 6.07) is 8.63. The van der Waals surface area contributed by atoms with E-state index in [1.165, 1.54) is 24.3 Å². The van der Waals surface area contributed by atoms with Gasteiger partial charge in [0.15, 0.2) is 17.3 Å². The minimum atomic E-state index is -0.898. The van der Waals surface area contributed by atoms with Crippen molar-refractivity contribution >= 4 is 5.65 Å². The van der Waals surface area contributed by atoms with Gasteiger partial charge in [-0.1, -0.05) is 12.1 Å². The summed E-state index contributed by atoms with van der Waals surface area (Å²) in [6.45, 7) is 0. The molecule has 0 saturated carbocycles. The molecule has 0 aliphatic carbocycles. The number of aryl methyl sites for hydroxylation is 2. The van der Waals surface area contributed by atoms with Crippen LogP contribution < -0.4 is 5.56 Å². The zero-order valence-corrected chi connectivity index (χ0v) is 11.3. The van der Waals surface area contributed by atoms with Crippen molar-refractivity contribution in [2.75, 3.05) is 0 Å². The molecule has 1 aromatic carbocycles. The van der Waals surface area contributed by atoms with Crippen LogP contribution >= 0.6 is 0 Å². The Balaban J connectivity index is 1.90. The number of H-pyrrole nitrogens is 1. The van der Waals surface area contributed by atoms with E-state index in [9.17, 15) is 13.6 Å². The third kappa shape index (κ3) is 2.46. The van der Waals surface area contributed by atoms with Crippen LogP contribution in [0.2, 0.25) is 0 Å². The first kappa shape index (κ1) is 13.9. The van der Waals surface area contributed by atoms with E-state index in [0.717, 1.165) is 10.6 Å². The van der Waals surface area contributed by atoms with Crippen molar-refractivity contribution in [1.29, 1.82) is 5.26 Å². The van der Waals surface area contributed by atoms with Gasteiger partial charge in [0.05, 0.1) is 0 Å². The van der Waals surface area contributed by atoms with Crippen molar-refractivity contribution in [2.24, 2.45) is 0 Å². The molecule has 3 aromatic rings. The second kappa shape index (κ2) is 5.41. The largest absolute Gasteiger partial charge is 0.279 e. The predicted molar refractivity (Wildman–Crippen MR) is 74.3 cm³/mol. The topological polar surface area (TPSA) is 73.9 Å². The van der Waals surface area contributed by atoms with Crippen LogP contribution in [0.15, 0.2) is 35.1 Å². The highest BCUT2D eigenvalue weighted by Crippen LogP contribution is 2.13. The first-order valence-electron chi connectivity index (χ1n) is 6.53. The van der Waals surface area contributed by atoms with Crippen LogP contribution in [0.4, 0.5) is 8.78 Å². The summed E-state index contributed by atoms with van der Waals surface area (Å²) in [5, 5.41) is 11.4. The Morgan fingerprint density at radius 3 is 2.86 bits per heavy atom. The van der Waals surface area contributed by atoms with Gasteiger partial charge >= 0.3 is 0 Å². The molecular weight excluding hydrogens is 290 g/mol. The van der Waals surface area contributed by atoms with Crippen LogP contribution in [0.3, 0.4) is 0 Å². The number of hydrogen-bond acceptors (Lipinski definition) is 3. The Morgan fingerprint density at radius 1 is 1.27 bits per heavy atom. The number of rotatable bonds is 3. The number of nitrogens with zero attached hydrogens (tertiary/aromatic N) is 3. The molecule has 0 saturated heterocycles. The van der Waals surface area contributed by atoms with Gasteiger partial charge in [-0.25, -0.2) is 18.3 Å². The number of fused-ring (bicyclic) bond motifs is 1. The predicted octanol–water partition coefficient (Wildman–Crippen LogP) is 1.96. The minimum absolute atomic E-state index is 0.220. The number of aromatic amines is 1. The molecule has 1 N–H and O–H groups in total. The molecule has 0 spiro atoms. The molecule has 2 heterocycles. The highest BCUT2D eigenvalue weighted by atomic mass is 19.2. The van der Waals surface area contributed by atoms with Crippen LogP contribution in [0.5, 0.6) is 0 Å². The molecule has 0 amide bonds. The molecule has 2 aromatic heterocycles. The van der Waals surface area contributed by atoms with Crippen LogP contribution in [0.1, 0.15) is 17.0 Å². The maximum Gasteiger partial charge on any atom is 0.272 e. The number of aromatic nitrogens is 3. The molecule has 0 atom stereocenters. The summed E-state index contributed by atoms with van der Waals surface area (Å²) < 4.78 is 27.9. The maximum atomic E-state index is 13.6. The number of benzene rings is 1. The van der Waals surface area contributed by atoms with E-state index in [0.29, 0.717) is 17.8 Å². The Bertz CT molecular complexity index is 952. The zero-order valence-electron chi connectivity index (χ0n) is 11.3. The van der Waals surface area contributed by atoms with Crippen LogP contribution in [0, 0.1) is 23.0 Å². The van der Waals surface area contributed by atoms with Crippen molar-refractivity contribution < 1.29 is 8.78 Å². The summed E-state index contributed by atoms with van der Waals surface area (Å²) in [7, 11) is 0. The normalized spacial score (nSPS) is 10.8. The van der Waals surface area contributed by atoms with Crippen LogP contribution in [0.25, 0.3) is 5.65 Å². The molecule has 3 rings (SSSR count). The summed E-state index contributed by atoms with van der Waals surface area (Å²) >= 11 is 0. The van der Waals surface area contributed by atoms with E-state index < -0.39 is 11.6 Å². The van der Waals surface area contributed by atoms with E-state index >= 15 is 0 Å². The van der Waals surface area contributed by atoms with E-state index in [-0.39, 0.29) is 23.2 Å². The van der Waals surface area contributed by atoms with Crippen molar-refractivity contribution in [3.8, 4) is 6.07 Å². The second-order valence-corrected chi connectivity index (χ2v) is 4.77. The number of nitrogens with one attached hydrogen (secondary N) is 1. The lowest BCUT2D eigenvalue weighted by Crippen LogP contribution is -2.16. The van der Waals surface area contributed by atoms with Crippen LogP contribution in [-0.2, 0) is 12.8 Å². The molecule has 110 valence electrons. The highest BCUT2D eigenvalue weighted by Gasteiger charge is 2.10. The average molecular weight is 300 g/mol. The molecule has 7 heteroatoms. The zero-order chi connectivity index (χ0) is 15.7. The minimum Gasteiger partial charge on any atom is -0.279 e. The Morgan fingerprint density at radius 2 is 2.09 bits per heavy atom. The summed E-state index contributed by atoms with van der Waals surface area (Å²) in [5.74, 6) is -1.78. The van der Waals surface area contributed by atoms with Crippen molar-refractivity contribution in [1.82, 2.24) is 14.6 Å². The van der Waals surface area contributed by atoms with Gasteiger partial charge in [-0.15, -0.1) is 0 Å². The lowest BCUT2D eigenvalue weighted by Gasteiger charge is -2.04. The molecule has 0 aliphatic heterocycles. The highest BCUT2D eigenvalue weighted by molar-refractivity contribution is 5.43. The van der Waals surface area contributed by atoms with Gasteiger partial charge in [-0.05, 0) is 24.5 Å². The molecule has 0 aliphatic rings. The third-order valence-corrected chi connectivity index (χ3v) is 3.31. The van der Waals surface area contributed by atoms with Crippen molar-refractivity contribution in [3.05, 3.63) is 69.3 Å². The summed E-state index contributed by atoms with van der Waals surface area (Å²) in [6.07, 6.45) is 0.515. The molecule has 0 bridgehead atoms. The molecule has 0 fully saturated rings. The lowest BCUT2D eigenvalue weighted by molar-refractivity contribution is 0.498. The quantitative estimate of drug-likeness (QED) is 0.803. The second-order valence-electron chi connectivity index (χ2n) is 4.77. The Labute approximate surface area is 123 Å². The molecule has 5 nitrogen and oxygen atoms in total. The Hall–Kier alpha value is -3.01. The first-order chi connectivity index (χ1) is 10.6. The van der Waals surface area contributed by atoms with Gasteiger partial charge in [-0.2, -0.15) is 5.26 Å². The summed E-state index contributed by atoms with van der Waals surface area (Å²) in [4.78, 5) is 16.1. The van der Waals surface area contributed by atoms with E-state index in [4.69, 9.17) is 5.26 Å². The number of halogens is 2. The first-order valence-corrected chi connectivity index (χ1v) is 6.53. The van der Waals surface area contributed by atoms with Gasteiger partial charge in [0.2, 0.25) is 0 Å². The molecule has 0 radical (unpaired) electrons. The SMILES string of the molecule is N#Cc1cc2nc(CCc3cccc(F)c3F)cc(=O)n2[nH]1. The monoisotopic (exact) mass is 300 g/mol. The molecule has 22 heavy (non-hydrogen) atoms. The molecule has 0 unspecified atom stereocenters. The van der Waals surface area contributed by atoms with E-state index in [2.05, 4.69) is 10.1 Å². The van der Waals surface area contributed by atoms with E-state index in [1.54, 1.807) is 0 Å². The fourth-order valence-corrected chi connectivity index (χ4v) is 2.23. The van der Waals surface area contributed by atoms with Gasteiger partial charge in [0.25, 0.3) is 5.56 Å². The van der Waals surface area contributed by atoms with Crippen LogP contribution in [-0.4, -0.2) is 14.6 Å². The lowest BCUT2D eigenvalue weighted by atomic mass is 10.1. The maximum absolute atomic E-state index is 13.6. The third-order valence-electron chi connectivity index (χ3n) is 3.31. The Kier molecular flexibility index (Phi) is 3.43. The van der Waals surface area contributed by atoms with Gasteiger partial charge in [-0.3, -0.25) is 9.89 Å². The van der Waals surface area contributed by atoms with Gasteiger partial charge < -0.3 is 0 Å². The van der Waals surface area contributed by atoms with Gasteiger partial charge in [0, 0.05) is 17.8 Å². The fourth-order valence-electron chi connectivity index (χ4n) is 2.23. The molecular formula is C15H10F2N4O. The number of nitriles is 1. The summed E-state index contributed by atoms with van der Waals surface area (Å²) in [5.41, 5.74) is 0.865. The fraction of sp³-hybridized carbons (Fsp3) is 0.133. The smallest absolute Gasteiger partial charge is 0.272 e. The average Bonchev–Trinajstić information content (AvgIpc) is 2.92. The van der Waals surface area contributed by atoms with E-state index in [1.807, 2.05) is 6.07 Å². The van der Waals surface area contributed by atoms with Gasteiger partial charge in [0.1, 0.15) is 11.8 Å².